The lowest BCUT2D eigenvalue weighted by Crippen LogP contribution is -1.95. The topological polar surface area (TPSA) is 37.3 Å². The van der Waals surface area contributed by atoms with Crippen LogP contribution in [0.3, 0.4) is 0 Å². The molecule has 1 rings (SSSR count). The van der Waals surface area contributed by atoms with Gasteiger partial charge in [0, 0.05) is 11.3 Å². The Hall–Kier alpha value is -0.800. The molecule has 0 saturated heterocycles. The number of halogens is 1. The van der Waals surface area contributed by atoms with E-state index in [9.17, 15) is 4.79 Å². The number of aliphatic carboxylic acids is 1. The van der Waals surface area contributed by atoms with Crippen molar-refractivity contribution in [3.05, 3.63) is 27.4 Å². The summed E-state index contributed by atoms with van der Waals surface area (Å²) in [6, 6.07) is 3.86. The van der Waals surface area contributed by atoms with Gasteiger partial charge in [0.1, 0.15) is 0 Å². The van der Waals surface area contributed by atoms with Crippen molar-refractivity contribution in [3.8, 4) is 0 Å². The van der Waals surface area contributed by atoms with Crippen LogP contribution in [-0.2, 0) is 4.79 Å². The van der Waals surface area contributed by atoms with E-state index in [0.717, 1.165) is 9.21 Å². The first-order valence-corrected chi connectivity index (χ1v) is 6.37. The molecule has 0 saturated carbocycles. The van der Waals surface area contributed by atoms with Crippen molar-refractivity contribution < 1.29 is 9.90 Å². The zero-order valence-corrected chi connectivity index (χ0v) is 10.9. The molecule has 0 aliphatic carbocycles. The second-order valence-electron chi connectivity index (χ2n) is 3.85. The van der Waals surface area contributed by atoms with Crippen LogP contribution in [0.25, 0.3) is 5.57 Å². The van der Waals surface area contributed by atoms with Gasteiger partial charge in [-0.15, -0.1) is 11.3 Å². The minimum atomic E-state index is -0.761. The smallest absolute Gasteiger partial charge is 0.303 e. The summed E-state index contributed by atoms with van der Waals surface area (Å²) < 4.78 is 0.764. The lowest BCUT2D eigenvalue weighted by Gasteiger charge is -2.09. The van der Waals surface area contributed by atoms with E-state index in [-0.39, 0.29) is 6.42 Å². The molecule has 1 N–H and O–H groups in total. The van der Waals surface area contributed by atoms with Crippen LogP contribution in [0.4, 0.5) is 0 Å². The summed E-state index contributed by atoms with van der Waals surface area (Å²) in [5.41, 5.74) is 1.18. The van der Waals surface area contributed by atoms with Crippen molar-refractivity contribution in [2.75, 3.05) is 0 Å². The summed E-state index contributed by atoms with van der Waals surface area (Å²) in [5, 5.41) is 8.59. The van der Waals surface area contributed by atoms with Crippen LogP contribution in [0.1, 0.15) is 31.6 Å². The number of hydrogen-bond donors (Lipinski definition) is 1. The number of hydrogen-bond acceptors (Lipinski definition) is 2. The van der Waals surface area contributed by atoms with E-state index in [1.54, 1.807) is 0 Å². The Morgan fingerprint density at radius 1 is 1.56 bits per heavy atom. The van der Waals surface area contributed by atoms with Crippen molar-refractivity contribution in [1.29, 1.82) is 0 Å². The van der Waals surface area contributed by atoms with Gasteiger partial charge < -0.3 is 5.11 Å². The van der Waals surface area contributed by atoms with Crippen LogP contribution in [0, 0.1) is 5.92 Å². The maximum absolute atomic E-state index is 10.4. The number of carboxylic acids is 1. The van der Waals surface area contributed by atoms with E-state index in [2.05, 4.69) is 13.8 Å². The Labute approximate surface area is 105 Å². The van der Waals surface area contributed by atoms with Crippen LogP contribution in [0.15, 0.2) is 18.2 Å². The van der Waals surface area contributed by atoms with Crippen molar-refractivity contribution in [1.82, 2.24) is 0 Å². The predicted octanol–water partition coefficient (Wildman–Crippen LogP) is 4.31. The van der Waals surface area contributed by atoms with E-state index in [1.807, 2.05) is 18.2 Å². The highest BCUT2D eigenvalue weighted by atomic mass is 35.5. The van der Waals surface area contributed by atoms with Crippen molar-refractivity contribution in [2.24, 2.45) is 5.92 Å². The van der Waals surface area contributed by atoms with Gasteiger partial charge in [-0.3, -0.25) is 4.79 Å². The number of thiophene rings is 1. The zero-order chi connectivity index (χ0) is 12.1. The van der Waals surface area contributed by atoms with Gasteiger partial charge in [0.05, 0.1) is 4.34 Å². The monoisotopic (exact) mass is 258 g/mol. The highest BCUT2D eigenvalue weighted by molar-refractivity contribution is 7.17. The van der Waals surface area contributed by atoms with E-state index in [1.165, 1.54) is 16.9 Å². The van der Waals surface area contributed by atoms with Crippen molar-refractivity contribution in [2.45, 2.75) is 26.7 Å². The van der Waals surface area contributed by atoms with Crippen LogP contribution in [0.2, 0.25) is 4.34 Å². The van der Waals surface area contributed by atoms with Gasteiger partial charge in [-0.05, 0) is 30.0 Å². The van der Waals surface area contributed by atoms with E-state index < -0.39 is 5.97 Å². The van der Waals surface area contributed by atoms with E-state index in [4.69, 9.17) is 16.7 Å². The molecule has 0 aliphatic heterocycles. The molecular formula is C12H15ClO2S. The van der Waals surface area contributed by atoms with Crippen LogP contribution in [0.5, 0.6) is 0 Å². The largest absolute Gasteiger partial charge is 0.481 e. The maximum Gasteiger partial charge on any atom is 0.303 e. The van der Waals surface area contributed by atoms with Crippen LogP contribution >= 0.6 is 22.9 Å². The van der Waals surface area contributed by atoms with Gasteiger partial charge in [0.25, 0.3) is 0 Å². The molecule has 0 radical (unpaired) electrons. The third kappa shape index (κ3) is 3.99. The first-order chi connectivity index (χ1) is 7.50. The van der Waals surface area contributed by atoms with E-state index >= 15 is 0 Å². The molecule has 1 heterocycles. The molecule has 4 heteroatoms. The molecule has 88 valence electrons. The number of carbonyl (C=O) groups is 1. The molecule has 1 aromatic heterocycles. The summed E-state index contributed by atoms with van der Waals surface area (Å²) in [5.74, 6) is -0.382. The zero-order valence-electron chi connectivity index (χ0n) is 9.37. The second-order valence-corrected chi connectivity index (χ2v) is 5.57. The molecule has 0 amide bonds. The fourth-order valence-corrected chi connectivity index (χ4v) is 2.67. The number of rotatable bonds is 5. The molecular weight excluding hydrogens is 244 g/mol. The summed E-state index contributed by atoms with van der Waals surface area (Å²) in [6.07, 6.45) is 2.74. The lowest BCUT2D eigenvalue weighted by molar-refractivity contribution is -0.136. The Bertz CT molecular complexity index is 393. The van der Waals surface area contributed by atoms with Crippen molar-refractivity contribution >= 4 is 34.5 Å². The third-order valence-electron chi connectivity index (χ3n) is 2.20. The molecule has 0 bridgehead atoms. The highest BCUT2D eigenvalue weighted by Gasteiger charge is 2.09. The minimum Gasteiger partial charge on any atom is -0.481 e. The second kappa shape index (κ2) is 6.06. The number of carboxylic acid groups (broad SMARTS) is 1. The summed E-state index contributed by atoms with van der Waals surface area (Å²) in [4.78, 5) is 11.6. The average Bonchev–Trinajstić information content (AvgIpc) is 2.58. The first kappa shape index (κ1) is 13.3. The molecule has 2 nitrogen and oxygen atoms in total. The van der Waals surface area contributed by atoms with Gasteiger partial charge >= 0.3 is 5.97 Å². The van der Waals surface area contributed by atoms with Gasteiger partial charge in [0.2, 0.25) is 0 Å². The average molecular weight is 259 g/mol. The van der Waals surface area contributed by atoms with Crippen molar-refractivity contribution in [3.63, 3.8) is 0 Å². The summed E-state index contributed by atoms with van der Waals surface area (Å²) in [6.45, 7) is 4.19. The van der Waals surface area contributed by atoms with Gasteiger partial charge in [-0.2, -0.15) is 0 Å². The molecule has 0 unspecified atom stereocenters. The summed E-state index contributed by atoms with van der Waals surface area (Å²) in [7, 11) is 0. The highest BCUT2D eigenvalue weighted by Crippen LogP contribution is 2.32. The molecule has 0 spiro atoms. The van der Waals surface area contributed by atoms with Crippen LogP contribution < -0.4 is 0 Å². The predicted molar refractivity (Wildman–Crippen MR) is 69.0 cm³/mol. The Balaban J connectivity index is 2.79. The Morgan fingerprint density at radius 3 is 2.69 bits per heavy atom. The normalized spacial score (nSPS) is 12.1. The number of allylic oxidation sites excluding steroid dienone is 2. The van der Waals surface area contributed by atoms with Gasteiger partial charge in [-0.25, -0.2) is 0 Å². The van der Waals surface area contributed by atoms with E-state index in [0.29, 0.717) is 12.3 Å². The van der Waals surface area contributed by atoms with Gasteiger partial charge in [0.15, 0.2) is 0 Å². The lowest BCUT2D eigenvalue weighted by atomic mass is 10.00. The molecule has 0 fully saturated rings. The maximum atomic E-state index is 10.4. The molecule has 16 heavy (non-hydrogen) atoms. The first-order valence-electron chi connectivity index (χ1n) is 5.18. The Kier molecular flexibility index (Phi) is 5.03. The van der Waals surface area contributed by atoms with Crippen LogP contribution in [-0.4, -0.2) is 11.1 Å². The SMILES string of the molecule is CC(C)/C(=C\CCC(=O)O)c1ccc(Cl)s1. The quantitative estimate of drug-likeness (QED) is 0.855. The standard InChI is InChI=1S/C12H15ClO2S/c1-8(2)9(4-3-5-12(14)15)10-6-7-11(13)16-10/h4,6-8H,3,5H2,1-2H3,(H,14,15)/b9-4+. The molecule has 0 atom stereocenters. The summed E-state index contributed by atoms with van der Waals surface area (Å²) >= 11 is 7.42. The fourth-order valence-electron chi connectivity index (χ4n) is 1.44. The molecule has 0 aromatic carbocycles. The van der Waals surface area contributed by atoms with Gasteiger partial charge in [-0.1, -0.05) is 31.5 Å². The molecule has 0 aliphatic rings. The minimum absolute atomic E-state index is 0.176. The fraction of sp³-hybridized carbons (Fsp3) is 0.417. The Morgan fingerprint density at radius 2 is 2.25 bits per heavy atom. The third-order valence-corrected chi connectivity index (χ3v) is 3.48. The molecule has 1 aromatic rings.